The Morgan fingerprint density at radius 3 is 2.67 bits per heavy atom. The zero-order valence-electron chi connectivity index (χ0n) is 13.6. The van der Waals surface area contributed by atoms with Gasteiger partial charge < -0.3 is 4.74 Å². The monoisotopic (exact) mass is 335 g/mol. The predicted molar refractivity (Wildman–Crippen MR) is 86.8 cm³/mol. The summed E-state index contributed by atoms with van der Waals surface area (Å²) >= 11 is 0. The smallest absolute Gasteiger partial charge is 0.280 e. The molecule has 130 valence electrons. The highest BCUT2D eigenvalue weighted by atomic mass is 16.6. The summed E-state index contributed by atoms with van der Waals surface area (Å²) in [4.78, 5) is 33.5. The van der Waals surface area contributed by atoms with Crippen LogP contribution in [-0.2, 0) is 4.79 Å². The highest BCUT2D eigenvalue weighted by molar-refractivity contribution is 5.98. The Kier molecular flexibility index (Phi) is 6.25. The lowest BCUT2D eigenvalue weighted by Gasteiger charge is -2.16. The summed E-state index contributed by atoms with van der Waals surface area (Å²) < 4.78 is 5.48. The van der Waals surface area contributed by atoms with Crippen molar-refractivity contribution in [1.82, 2.24) is 10.4 Å². The van der Waals surface area contributed by atoms with Gasteiger partial charge in [0.25, 0.3) is 5.69 Å². The van der Waals surface area contributed by atoms with E-state index in [0.717, 1.165) is 25.9 Å². The van der Waals surface area contributed by atoms with Gasteiger partial charge >= 0.3 is 0 Å². The maximum absolute atomic E-state index is 11.7. The second-order valence-electron chi connectivity index (χ2n) is 5.67. The van der Waals surface area contributed by atoms with E-state index in [1.807, 2.05) is 5.01 Å². The number of Topliss-reactive ketones (excluding diaryl/α,β-unsaturated/α-hetero) is 1. The van der Waals surface area contributed by atoms with Crippen LogP contribution in [0.4, 0.5) is 5.69 Å². The van der Waals surface area contributed by atoms with Crippen LogP contribution in [0.25, 0.3) is 0 Å². The van der Waals surface area contributed by atoms with Crippen molar-refractivity contribution in [1.29, 1.82) is 0 Å². The van der Waals surface area contributed by atoms with Crippen molar-refractivity contribution < 1.29 is 19.2 Å². The fourth-order valence-electron chi connectivity index (χ4n) is 2.53. The van der Waals surface area contributed by atoms with Crippen LogP contribution in [0.15, 0.2) is 18.2 Å². The fraction of sp³-hybridized carbons (Fsp3) is 0.500. The van der Waals surface area contributed by atoms with Crippen molar-refractivity contribution >= 4 is 17.4 Å². The minimum absolute atomic E-state index is 0.0178. The van der Waals surface area contributed by atoms with Crippen LogP contribution < -0.4 is 10.2 Å². The molecular formula is C16H21N3O5. The van der Waals surface area contributed by atoms with E-state index in [-0.39, 0.29) is 17.2 Å². The quantitative estimate of drug-likeness (QED) is 0.338. The van der Waals surface area contributed by atoms with Gasteiger partial charge in [0.05, 0.1) is 17.1 Å². The first-order valence-electron chi connectivity index (χ1n) is 7.94. The number of benzene rings is 1. The molecule has 8 nitrogen and oxygen atoms in total. The molecule has 0 bridgehead atoms. The number of ketones is 1. The number of nitrogens with one attached hydrogen (secondary N) is 1. The van der Waals surface area contributed by atoms with Gasteiger partial charge in [-0.05, 0) is 38.3 Å². The lowest BCUT2D eigenvalue weighted by Crippen LogP contribution is -2.39. The molecule has 0 aliphatic carbocycles. The third-order valence-corrected chi connectivity index (χ3v) is 3.75. The second kappa shape index (κ2) is 8.39. The Morgan fingerprint density at radius 1 is 1.33 bits per heavy atom. The van der Waals surface area contributed by atoms with Crippen molar-refractivity contribution in [3.63, 3.8) is 0 Å². The zero-order valence-corrected chi connectivity index (χ0v) is 13.6. The van der Waals surface area contributed by atoms with E-state index in [9.17, 15) is 19.7 Å². The molecule has 1 amide bonds. The Labute approximate surface area is 139 Å². The summed E-state index contributed by atoms with van der Waals surface area (Å²) in [6.07, 6.45) is 3.05. The number of amides is 1. The Hall–Kier alpha value is -2.48. The summed E-state index contributed by atoms with van der Waals surface area (Å²) in [5.74, 6) is -0.0588. The molecule has 1 aromatic rings. The number of hydrogen-bond donors (Lipinski definition) is 1. The molecule has 2 rings (SSSR count). The average Bonchev–Trinajstić information content (AvgIpc) is 3.04. The maximum atomic E-state index is 11.7. The summed E-state index contributed by atoms with van der Waals surface area (Å²) in [5, 5.41) is 12.8. The molecular weight excluding hydrogens is 314 g/mol. The Balaban J connectivity index is 1.79. The number of rotatable bonds is 8. The van der Waals surface area contributed by atoms with E-state index in [0.29, 0.717) is 25.2 Å². The van der Waals surface area contributed by atoms with Gasteiger partial charge in [-0.3, -0.25) is 25.1 Å². The number of ether oxygens (including phenoxy) is 1. The van der Waals surface area contributed by atoms with E-state index >= 15 is 0 Å². The van der Waals surface area contributed by atoms with Crippen molar-refractivity contribution in [2.24, 2.45) is 0 Å². The van der Waals surface area contributed by atoms with E-state index in [4.69, 9.17) is 4.74 Å². The van der Waals surface area contributed by atoms with Crippen LogP contribution in [0.5, 0.6) is 5.75 Å². The van der Waals surface area contributed by atoms with E-state index < -0.39 is 10.7 Å². The summed E-state index contributed by atoms with van der Waals surface area (Å²) in [6, 6.07) is 4.08. The highest BCUT2D eigenvalue weighted by Crippen LogP contribution is 2.24. The van der Waals surface area contributed by atoms with Gasteiger partial charge in [0, 0.05) is 25.6 Å². The zero-order chi connectivity index (χ0) is 17.5. The largest absolute Gasteiger partial charge is 0.494 e. The van der Waals surface area contributed by atoms with Crippen LogP contribution >= 0.6 is 0 Å². The molecule has 0 unspecified atom stereocenters. The molecule has 1 N–H and O–H groups in total. The molecule has 0 radical (unpaired) electrons. The number of carbonyl (C=O) groups is 2. The topological polar surface area (TPSA) is 102 Å². The normalized spacial score (nSPS) is 14.4. The average molecular weight is 335 g/mol. The molecule has 24 heavy (non-hydrogen) atoms. The number of carbonyl (C=O) groups excluding carboxylic acids is 2. The third-order valence-electron chi connectivity index (χ3n) is 3.75. The Morgan fingerprint density at radius 2 is 2.04 bits per heavy atom. The molecule has 0 atom stereocenters. The molecule has 1 heterocycles. The summed E-state index contributed by atoms with van der Waals surface area (Å²) in [7, 11) is 0. The minimum atomic E-state index is -0.594. The number of nitro groups is 1. The van der Waals surface area contributed by atoms with Gasteiger partial charge in [0.1, 0.15) is 5.75 Å². The predicted octanol–water partition coefficient (Wildman–Crippen LogP) is 2.08. The van der Waals surface area contributed by atoms with Gasteiger partial charge in [0.15, 0.2) is 5.78 Å². The highest BCUT2D eigenvalue weighted by Gasteiger charge is 2.18. The number of hydrogen-bond acceptors (Lipinski definition) is 6. The lowest BCUT2D eigenvalue weighted by atomic mass is 10.1. The first-order valence-corrected chi connectivity index (χ1v) is 7.94. The molecule has 0 spiro atoms. The van der Waals surface area contributed by atoms with E-state index in [1.54, 1.807) is 0 Å². The fourth-order valence-corrected chi connectivity index (χ4v) is 2.53. The molecule has 0 saturated carbocycles. The van der Waals surface area contributed by atoms with Gasteiger partial charge in [-0.2, -0.15) is 0 Å². The van der Waals surface area contributed by atoms with E-state index in [1.165, 1.54) is 25.1 Å². The molecule has 1 aromatic carbocycles. The van der Waals surface area contributed by atoms with Crippen molar-refractivity contribution in [3.05, 3.63) is 33.9 Å². The SMILES string of the molecule is CC(=O)c1cc(OCCCC(=O)NN2CCCC2)ccc1[N+](=O)[O-]. The van der Waals surface area contributed by atoms with Gasteiger partial charge in [-0.1, -0.05) is 0 Å². The molecule has 1 aliphatic rings. The molecule has 1 saturated heterocycles. The van der Waals surface area contributed by atoms with Crippen LogP contribution in [0.3, 0.4) is 0 Å². The molecule has 8 heteroatoms. The Bertz CT molecular complexity index is 626. The minimum Gasteiger partial charge on any atom is -0.494 e. The van der Waals surface area contributed by atoms with Crippen LogP contribution in [0, 0.1) is 10.1 Å². The summed E-state index contributed by atoms with van der Waals surface area (Å²) in [5.41, 5.74) is 2.62. The standard InChI is InChI=1S/C16H21N3O5/c1-12(20)14-11-13(6-7-15(14)19(22)23)24-10-4-5-16(21)17-18-8-2-3-9-18/h6-7,11H,2-5,8-10H2,1H3,(H,17,21). The molecule has 1 fully saturated rings. The maximum Gasteiger partial charge on any atom is 0.280 e. The van der Waals surface area contributed by atoms with Crippen molar-refractivity contribution in [3.8, 4) is 5.75 Å². The van der Waals surface area contributed by atoms with Crippen LogP contribution in [0.2, 0.25) is 0 Å². The van der Waals surface area contributed by atoms with Gasteiger partial charge in [-0.15, -0.1) is 0 Å². The number of nitro benzene ring substituents is 1. The summed E-state index contributed by atoms with van der Waals surface area (Å²) in [6.45, 7) is 3.34. The first kappa shape index (κ1) is 17.9. The van der Waals surface area contributed by atoms with Gasteiger partial charge in [0.2, 0.25) is 5.91 Å². The van der Waals surface area contributed by atoms with Crippen molar-refractivity contribution in [2.45, 2.75) is 32.6 Å². The number of hydrazine groups is 1. The second-order valence-corrected chi connectivity index (χ2v) is 5.67. The first-order chi connectivity index (χ1) is 11.5. The number of nitrogens with zero attached hydrogens (tertiary/aromatic N) is 2. The molecule has 1 aliphatic heterocycles. The lowest BCUT2D eigenvalue weighted by molar-refractivity contribution is -0.385. The van der Waals surface area contributed by atoms with Crippen LogP contribution in [0.1, 0.15) is 43.0 Å². The van der Waals surface area contributed by atoms with Gasteiger partial charge in [-0.25, -0.2) is 5.01 Å². The third kappa shape index (κ3) is 5.02. The molecule has 0 aromatic heterocycles. The van der Waals surface area contributed by atoms with Crippen molar-refractivity contribution in [2.75, 3.05) is 19.7 Å². The van der Waals surface area contributed by atoms with E-state index in [2.05, 4.69) is 5.43 Å². The van der Waals surface area contributed by atoms with Crippen LogP contribution in [-0.4, -0.2) is 41.3 Å².